The second-order valence-electron chi connectivity index (χ2n) is 3.51. The van der Waals surface area contributed by atoms with Crippen molar-refractivity contribution in [1.82, 2.24) is 9.97 Å². The van der Waals surface area contributed by atoms with Crippen molar-refractivity contribution >= 4 is 21.7 Å². The Morgan fingerprint density at radius 2 is 2.19 bits per heavy atom. The number of anilines is 1. The highest BCUT2D eigenvalue weighted by atomic mass is 79.9. The second kappa shape index (κ2) is 5.07. The standard InChI is InChI=1S/C10H14BrN3O2/c1-6-8(11)10(12-2)14-9(13-6)7-5-15-3-4-16-7/h7H,3-5H2,1-2H3,(H,12,13,14). The van der Waals surface area contributed by atoms with Crippen LogP contribution in [0.4, 0.5) is 5.82 Å². The van der Waals surface area contributed by atoms with Crippen molar-refractivity contribution in [1.29, 1.82) is 0 Å². The lowest BCUT2D eigenvalue weighted by atomic mass is 10.3. The molecule has 0 saturated carbocycles. The number of halogens is 1. The maximum Gasteiger partial charge on any atom is 0.162 e. The largest absolute Gasteiger partial charge is 0.376 e. The molecule has 1 N–H and O–H groups in total. The van der Waals surface area contributed by atoms with Crippen molar-refractivity contribution in [3.05, 3.63) is 16.0 Å². The third kappa shape index (κ3) is 2.34. The predicted octanol–water partition coefficient (Wildman–Crippen LogP) is 1.68. The summed E-state index contributed by atoms with van der Waals surface area (Å²) in [6.07, 6.45) is -0.160. The first-order valence-corrected chi connectivity index (χ1v) is 5.93. The van der Waals surface area contributed by atoms with Gasteiger partial charge >= 0.3 is 0 Å². The molecule has 5 nitrogen and oxygen atoms in total. The highest BCUT2D eigenvalue weighted by Gasteiger charge is 2.21. The van der Waals surface area contributed by atoms with E-state index in [9.17, 15) is 0 Å². The lowest BCUT2D eigenvalue weighted by molar-refractivity contribution is -0.0935. The first-order valence-electron chi connectivity index (χ1n) is 5.13. The van der Waals surface area contributed by atoms with Crippen molar-refractivity contribution in [3.8, 4) is 0 Å². The number of ether oxygens (including phenoxy) is 2. The molecule has 88 valence electrons. The van der Waals surface area contributed by atoms with Crippen molar-refractivity contribution in [2.24, 2.45) is 0 Å². The van der Waals surface area contributed by atoms with E-state index in [0.717, 1.165) is 16.0 Å². The van der Waals surface area contributed by atoms with Crippen LogP contribution in [0.3, 0.4) is 0 Å². The summed E-state index contributed by atoms with van der Waals surface area (Å²) < 4.78 is 11.8. The van der Waals surface area contributed by atoms with E-state index in [4.69, 9.17) is 9.47 Å². The van der Waals surface area contributed by atoms with Gasteiger partial charge in [-0.05, 0) is 22.9 Å². The predicted molar refractivity (Wildman–Crippen MR) is 63.5 cm³/mol. The zero-order valence-electron chi connectivity index (χ0n) is 9.29. The van der Waals surface area contributed by atoms with Crippen LogP contribution in [-0.2, 0) is 9.47 Å². The van der Waals surface area contributed by atoms with Gasteiger partial charge in [0.2, 0.25) is 0 Å². The Morgan fingerprint density at radius 1 is 1.38 bits per heavy atom. The van der Waals surface area contributed by atoms with Gasteiger partial charge in [-0.15, -0.1) is 0 Å². The smallest absolute Gasteiger partial charge is 0.162 e. The van der Waals surface area contributed by atoms with Crippen LogP contribution < -0.4 is 5.32 Å². The average molecular weight is 288 g/mol. The first-order chi connectivity index (χ1) is 7.72. The fraction of sp³-hybridized carbons (Fsp3) is 0.600. The second-order valence-corrected chi connectivity index (χ2v) is 4.31. The van der Waals surface area contributed by atoms with Crippen LogP contribution in [0.25, 0.3) is 0 Å². The number of hydrogen-bond donors (Lipinski definition) is 1. The zero-order chi connectivity index (χ0) is 11.5. The summed E-state index contributed by atoms with van der Waals surface area (Å²) in [5.74, 6) is 1.45. The van der Waals surface area contributed by atoms with Gasteiger partial charge in [0.1, 0.15) is 11.9 Å². The Morgan fingerprint density at radius 3 is 2.81 bits per heavy atom. The average Bonchev–Trinajstić information content (AvgIpc) is 2.33. The SMILES string of the molecule is CNc1nc(C2COCCO2)nc(C)c1Br. The van der Waals surface area contributed by atoms with E-state index in [1.54, 1.807) is 0 Å². The molecule has 1 atom stereocenters. The molecular weight excluding hydrogens is 274 g/mol. The van der Waals surface area contributed by atoms with Crippen LogP contribution >= 0.6 is 15.9 Å². The van der Waals surface area contributed by atoms with Crippen LogP contribution in [0.2, 0.25) is 0 Å². The van der Waals surface area contributed by atoms with Crippen LogP contribution in [-0.4, -0.2) is 36.8 Å². The van der Waals surface area contributed by atoms with Crippen LogP contribution in [0, 0.1) is 6.92 Å². The van der Waals surface area contributed by atoms with E-state index >= 15 is 0 Å². The van der Waals surface area contributed by atoms with Gasteiger partial charge in [-0.2, -0.15) is 0 Å². The molecule has 0 radical (unpaired) electrons. The fourth-order valence-corrected chi connectivity index (χ4v) is 1.90. The van der Waals surface area contributed by atoms with Crippen molar-refractivity contribution < 1.29 is 9.47 Å². The number of hydrogen-bond acceptors (Lipinski definition) is 5. The third-order valence-electron chi connectivity index (χ3n) is 2.37. The number of rotatable bonds is 2. The molecule has 16 heavy (non-hydrogen) atoms. The maximum absolute atomic E-state index is 5.57. The number of nitrogens with zero attached hydrogens (tertiary/aromatic N) is 2. The number of nitrogens with one attached hydrogen (secondary N) is 1. The topological polar surface area (TPSA) is 56.3 Å². The molecule has 0 aliphatic carbocycles. The normalized spacial score (nSPS) is 20.8. The summed E-state index contributed by atoms with van der Waals surface area (Å²) in [4.78, 5) is 8.80. The molecule has 1 aromatic rings. The van der Waals surface area contributed by atoms with Gasteiger partial charge < -0.3 is 14.8 Å². The molecule has 1 unspecified atom stereocenters. The van der Waals surface area contributed by atoms with E-state index in [1.165, 1.54) is 0 Å². The molecule has 2 rings (SSSR count). The minimum absolute atomic E-state index is 0.160. The minimum Gasteiger partial charge on any atom is -0.376 e. The molecule has 0 aromatic carbocycles. The lowest BCUT2D eigenvalue weighted by Gasteiger charge is -2.22. The van der Waals surface area contributed by atoms with E-state index in [-0.39, 0.29) is 6.10 Å². The van der Waals surface area contributed by atoms with Gasteiger partial charge in [0.15, 0.2) is 5.82 Å². The number of aryl methyl sites for hydroxylation is 1. The quantitative estimate of drug-likeness (QED) is 0.897. The summed E-state index contributed by atoms with van der Waals surface area (Å²) in [5.41, 5.74) is 0.892. The Bertz CT molecular complexity index is 381. The Hall–Kier alpha value is -0.720. The van der Waals surface area contributed by atoms with E-state index < -0.39 is 0 Å². The van der Waals surface area contributed by atoms with Crippen LogP contribution in [0.1, 0.15) is 17.6 Å². The van der Waals surface area contributed by atoms with E-state index in [1.807, 2.05) is 14.0 Å². The molecule has 0 bridgehead atoms. The lowest BCUT2D eigenvalue weighted by Crippen LogP contribution is -2.24. The van der Waals surface area contributed by atoms with Gasteiger partial charge in [0.25, 0.3) is 0 Å². The molecular formula is C10H14BrN3O2. The Balaban J connectivity index is 2.29. The molecule has 0 spiro atoms. The molecule has 0 amide bonds. The van der Waals surface area contributed by atoms with Crippen molar-refractivity contribution in [2.75, 3.05) is 32.2 Å². The van der Waals surface area contributed by atoms with Gasteiger partial charge in [0, 0.05) is 7.05 Å². The highest BCUT2D eigenvalue weighted by molar-refractivity contribution is 9.10. The monoisotopic (exact) mass is 287 g/mol. The fourth-order valence-electron chi connectivity index (χ4n) is 1.53. The summed E-state index contributed by atoms with van der Waals surface area (Å²) >= 11 is 3.44. The summed E-state index contributed by atoms with van der Waals surface area (Å²) in [6.45, 7) is 3.69. The van der Waals surface area contributed by atoms with Crippen molar-refractivity contribution in [3.63, 3.8) is 0 Å². The zero-order valence-corrected chi connectivity index (χ0v) is 10.9. The summed E-state index contributed by atoms with van der Waals surface area (Å²) in [7, 11) is 1.83. The van der Waals surface area contributed by atoms with Gasteiger partial charge in [-0.3, -0.25) is 0 Å². The first kappa shape index (κ1) is 11.8. The molecule has 1 aliphatic heterocycles. The van der Waals surface area contributed by atoms with E-state index in [2.05, 4.69) is 31.2 Å². The van der Waals surface area contributed by atoms with Gasteiger partial charge in [0.05, 0.1) is 30.0 Å². The molecule has 1 aliphatic rings. The van der Waals surface area contributed by atoms with Gasteiger partial charge in [-0.1, -0.05) is 0 Å². The maximum atomic E-state index is 5.57. The minimum atomic E-state index is -0.160. The van der Waals surface area contributed by atoms with E-state index in [0.29, 0.717) is 25.6 Å². The molecule has 2 heterocycles. The van der Waals surface area contributed by atoms with Gasteiger partial charge in [-0.25, -0.2) is 9.97 Å². The van der Waals surface area contributed by atoms with Crippen molar-refractivity contribution in [2.45, 2.75) is 13.0 Å². The Kier molecular flexibility index (Phi) is 3.73. The molecule has 6 heteroatoms. The third-order valence-corrected chi connectivity index (χ3v) is 3.32. The summed E-state index contributed by atoms with van der Waals surface area (Å²) in [6, 6.07) is 0. The molecule has 1 saturated heterocycles. The Labute approximate surface area is 103 Å². The van der Waals surface area contributed by atoms with Crippen LogP contribution in [0.15, 0.2) is 4.47 Å². The van der Waals surface area contributed by atoms with Crippen LogP contribution in [0.5, 0.6) is 0 Å². The highest BCUT2D eigenvalue weighted by Crippen LogP contribution is 2.26. The molecule has 1 fully saturated rings. The molecule has 1 aromatic heterocycles. The summed E-state index contributed by atoms with van der Waals surface area (Å²) in [5, 5.41) is 3.02. The number of aromatic nitrogens is 2.